The summed E-state index contributed by atoms with van der Waals surface area (Å²) in [6.45, 7) is 11.7. The molecule has 2 heterocycles. The number of aryl methyl sites for hydroxylation is 6. The first-order chi connectivity index (χ1) is 34.1. The van der Waals surface area contributed by atoms with Crippen LogP contribution in [0, 0.1) is 41.5 Å². The van der Waals surface area contributed by atoms with Crippen molar-refractivity contribution in [2.75, 3.05) is 4.90 Å². The number of aromatic amines is 1. The van der Waals surface area contributed by atoms with Crippen LogP contribution in [0.4, 0.5) is 5.69 Å². The van der Waals surface area contributed by atoms with Crippen LogP contribution < -0.4 is 24.7 Å². The molecule has 0 unspecified atom stereocenters. The fraction of sp³-hybridized carbons (Fsp3) is 0.203. The number of imide groups is 1. The van der Waals surface area contributed by atoms with Crippen molar-refractivity contribution < 1.29 is 38.2 Å². The van der Waals surface area contributed by atoms with Gasteiger partial charge in [0.1, 0.15) is 40.5 Å². The number of hydrogen-bond acceptors (Lipinski definition) is 10. The number of benzene rings is 7. The molecule has 0 bridgehead atoms. The molecule has 1 aliphatic heterocycles. The van der Waals surface area contributed by atoms with Crippen LogP contribution in [0.3, 0.4) is 0 Å². The quantitative estimate of drug-likeness (QED) is 0.0638. The average Bonchev–Trinajstić information content (AvgIpc) is 3.86. The Morgan fingerprint density at radius 3 is 1.73 bits per heavy atom. The first kappa shape index (κ1) is 45.0. The van der Waals surface area contributed by atoms with Gasteiger partial charge >= 0.3 is 5.97 Å². The average molecular weight is 942 g/mol. The fourth-order valence-electron chi connectivity index (χ4n) is 10.8. The van der Waals surface area contributed by atoms with Gasteiger partial charge in [0.2, 0.25) is 0 Å². The number of Topliss-reactive ketones (excluding diaryl/α,β-unsaturated/α-hetero) is 2. The molecule has 0 radical (unpaired) electrons. The number of ketones is 2. The number of rotatable bonds is 9. The van der Waals surface area contributed by atoms with E-state index in [1.54, 1.807) is 18.2 Å². The van der Waals surface area contributed by atoms with Crippen molar-refractivity contribution in [1.82, 2.24) is 9.97 Å². The fourth-order valence-corrected chi connectivity index (χ4v) is 10.8. The summed E-state index contributed by atoms with van der Waals surface area (Å²) in [5.74, 6) is -2.04. The van der Waals surface area contributed by atoms with Crippen LogP contribution >= 0.6 is 0 Å². The van der Waals surface area contributed by atoms with E-state index in [0.29, 0.717) is 28.7 Å². The van der Waals surface area contributed by atoms with Gasteiger partial charge in [-0.3, -0.25) is 24.0 Å². The molecule has 8 aromatic rings. The molecule has 12 heteroatoms. The summed E-state index contributed by atoms with van der Waals surface area (Å²) in [5.41, 5.74) is 7.06. The molecule has 11 rings (SSSR count). The van der Waals surface area contributed by atoms with Gasteiger partial charge < -0.3 is 19.2 Å². The highest BCUT2D eigenvalue weighted by Crippen LogP contribution is 2.46. The van der Waals surface area contributed by atoms with Crippen LogP contribution in [0.5, 0.6) is 28.7 Å². The summed E-state index contributed by atoms with van der Waals surface area (Å²) in [4.78, 5) is 94.2. The number of aromatic nitrogens is 2. The maximum atomic E-state index is 14.9. The Balaban J connectivity index is 0.922. The molecule has 1 saturated carbocycles. The lowest BCUT2D eigenvalue weighted by Crippen LogP contribution is -2.42. The predicted molar refractivity (Wildman–Crippen MR) is 269 cm³/mol. The van der Waals surface area contributed by atoms with E-state index in [-0.39, 0.29) is 61.2 Å². The van der Waals surface area contributed by atoms with Gasteiger partial charge in [0.15, 0.2) is 11.6 Å². The van der Waals surface area contributed by atoms with Gasteiger partial charge in [-0.2, -0.15) is 0 Å². The molecule has 7 aromatic carbocycles. The molecule has 3 aliphatic rings. The Bertz CT molecular complexity index is 3620. The summed E-state index contributed by atoms with van der Waals surface area (Å²) >= 11 is 0. The topological polar surface area (TPSA) is 162 Å². The number of carbonyl (C=O) groups excluding carboxylic acids is 5. The number of hydrogen-bond donors (Lipinski definition) is 1. The number of ether oxygens (including phenoxy) is 3. The number of nitrogens with one attached hydrogen (secondary N) is 1. The Labute approximate surface area is 408 Å². The number of H-pyrrole nitrogens is 1. The minimum atomic E-state index is -1.55. The lowest BCUT2D eigenvalue weighted by molar-refractivity contribution is 0.0732. The molecule has 1 fully saturated rings. The summed E-state index contributed by atoms with van der Waals surface area (Å²) in [6.07, 6.45) is 3.82. The number of anilines is 1. The third kappa shape index (κ3) is 7.85. The summed E-state index contributed by atoms with van der Waals surface area (Å²) < 4.78 is 18.5. The highest BCUT2D eigenvalue weighted by molar-refractivity contribution is 6.40. The minimum Gasteiger partial charge on any atom is -0.457 e. The van der Waals surface area contributed by atoms with E-state index in [9.17, 15) is 28.8 Å². The maximum Gasteiger partial charge on any atom is 0.343 e. The monoisotopic (exact) mass is 941 g/mol. The van der Waals surface area contributed by atoms with Gasteiger partial charge in [-0.05, 0) is 184 Å². The molecule has 352 valence electrons. The second kappa shape index (κ2) is 17.2. The van der Waals surface area contributed by atoms with Crippen molar-refractivity contribution in [2.24, 2.45) is 0 Å². The van der Waals surface area contributed by atoms with Crippen molar-refractivity contribution in [1.29, 1.82) is 0 Å². The molecule has 0 spiro atoms. The molecule has 1 aromatic heterocycles. The summed E-state index contributed by atoms with van der Waals surface area (Å²) in [7, 11) is 0. The van der Waals surface area contributed by atoms with Crippen LogP contribution in [0.15, 0.2) is 114 Å². The standard InChI is InChI=1S/C59H47N3O9/c1-29-19-30(2)22-38(21-29)69-40-25-33(5)54(34(6)26-40)70-37-12-14-41(35-9-7-8-10-35)48(28-37)62-57(66)45-17-15-43-49-44(16-18-46(50(45)49)58(62)67)53(64)51(52(43)63)55-60-47-27-36(11-13-42(47)56(65)61-55)59(68)71-39-23-31(3)20-32(4)24-39/h11-28,35,51H,7-10H2,1-6H3,(H,60,61,65). The molecule has 2 amide bonds. The van der Waals surface area contributed by atoms with Crippen molar-refractivity contribution in [3.05, 3.63) is 192 Å². The number of esters is 1. The van der Waals surface area contributed by atoms with Gasteiger partial charge in [0.25, 0.3) is 17.4 Å². The van der Waals surface area contributed by atoms with Crippen molar-refractivity contribution in [2.45, 2.75) is 79.1 Å². The number of carbonyl (C=O) groups is 5. The zero-order valence-corrected chi connectivity index (χ0v) is 39.9. The summed E-state index contributed by atoms with van der Waals surface area (Å²) in [6, 6.07) is 31.2. The SMILES string of the molecule is Cc1cc(C)cc(OC(=O)c2ccc3c(=O)[nH]c(C4C(=O)c5ccc6c7c(ccc(c57)C4=O)C(=O)N(c4cc(Oc5c(C)cc(Oc7cc(C)cc(C)c7)cc5C)ccc4C4CCCC4)C6=O)nc3c2)c1. The van der Waals surface area contributed by atoms with Gasteiger partial charge in [0.05, 0.1) is 22.2 Å². The molecule has 12 nitrogen and oxygen atoms in total. The normalized spacial score (nSPS) is 14.8. The third-order valence-electron chi connectivity index (χ3n) is 13.8. The Kier molecular flexibility index (Phi) is 10.9. The van der Waals surface area contributed by atoms with E-state index in [1.807, 2.05) is 84.0 Å². The highest BCUT2D eigenvalue weighted by Gasteiger charge is 2.44. The smallest absolute Gasteiger partial charge is 0.343 e. The van der Waals surface area contributed by atoms with E-state index in [1.165, 1.54) is 47.4 Å². The molecule has 0 saturated heterocycles. The molecule has 1 N–H and O–H groups in total. The molecule has 2 aliphatic carbocycles. The van der Waals surface area contributed by atoms with Gasteiger partial charge in [-0.25, -0.2) is 14.7 Å². The lowest BCUT2D eigenvalue weighted by atomic mass is 9.76. The second-order valence-corrected chi connectivity index (χ2v) is 19.2. The van der Waals surface area contributed by atoms with Gasteiger partial charge in [-0.15, -0.1) is 0 Å². The van der Waals surface area contributed by atoms with Crippen LogP contribution in [-0.4, -0.2) is 39.3 Å². The van der Waals surface area contributed by atoms with Crippen molar-refractivity contribution >= 4 is 56.7 Å². The minimum absolute atomic E-state index is 0.0831. The zero-order valence-electron chi connectivity index (χ0n) is 39.9. The van der Waals surface area contributed by atoms with Crippen LogP contribution in [0.1, 0.15) is 134 Å². The third-order valence-corrected chi connectivity index (χ3v) is 13.8. The zero-order chi connectivity index (χ0) is 49.6. The Hall–Kier alpha value is -8.51. The van der Waals surface area contributed by atoms with E-state index < -0.39 is 40.8 Å². The van der Waals surface area contributed by atoms with E-state index >= 15 is 0 Å². The van der Waals surface area contributed by atoms with Crippen LogP contribution in [-0.2, 0) is 0 Å². The summed E-state index contributed by atoms with van der Waals surface area (Å²) in [5, 5.41) is 0.540. The number of fused-ring (bicyclic) bond motifs is 1. The molecule has 71 heavy (non-hydrogen) atoms. The number of amides is 2. The van der Waals surface area contributed by atoms with Crippen molar-refractivity contribution in [3.63, 3.8) is 0 Å². The van der Waals surface area contributed by atoms with Crippen LogP contribution in [0.2, 0.25) is 0 Å². The lowest BCUT2D eigenvalue weighted by Gasteiger charge is -2.32. The molecular weight excluding hydrogens is 895 g/mol. The second-order valence-electron chi connectivity index (χ2n) is 19.2. The van der Waals surface area contributed by atoms with E-state index in [2.05, 4.69) is 16.0 Å². The van der Waals surface area contributed by atoms with E-state index in [0.717, 1.165) is 70.4 Å². The predicted octanol–water partition coefficient (Wildman–Crippen LogP) is 12.4. The molecular formula is C59H47N3O9. The van der Waals surface area contributed by atoms with Gasteiger partial charge in [-0.1, -0.05) is 31.0 Å². The number of nitrogens with zero attached hydrogens (tertiary/aromatic N) is 2. The highest BCUT2D eigenvalue weighted by atomic mass is 16.5. The van der Waals surface area contributed by atoms with Crippen LogP contribution in [0.25, 0.3) is 21.7 Å². The Morgan fingerprint density at radius 2 is 1.13 bits per heavy atom. The maximum absolute atomic E-state index is 14.9. The first-order valence-electron chi connectivity index (χ1n) is 23.7. The van der Waals surface area contributed by atoms with E-state index in [4.69, 9.17) is 14.2 Å². The van der Waals surface area contributed by atoms with Gasteiger partial charge in [0, 0.05) is 39.1 Å². The molecule has 0 atom stereocenters. The Morgan fingerprint density at radius 1 is 0.577 bits per heavy atom. The largest absolute Gasteiger partial charge is 0.457 e. The van der Waals surface area contributed by atoms with Crippen molar-refractivity contribution in [3.8, 4) is 28.7 Å². The first-order valence-corrected chi connectivity index (χ1v) is 23.7.